The van der Waals surface area contributed by atoms with Crippen molar-refractivity contribution < 1.29 is 18.8 Å². The van der Waals surface area contributed by atoms with E-state index in [0.29, 0.717) is 35.9 Å². The first kappa shape index (κ1) is 25.8. The molecule has 3 aromatic rings. The van der Waals surface area contributed by atoms with Gasteiger partial charge in [0.15, 0.2) is 0 Å². The number of aryl methyl sites for hydroxylation is 2. The fourth-order valence-electron chi connectivity index (χ4n) is 5.34. The number of Topliss-reactive ketones (excluding diaryl/α,β-unsaturated/α-hetero) is 2. The molecule has 0 radical (unpaired) electrons. The summed E-state index contributed by atoms with van der Waals surface area (Å²) in [6, 6.07) is 7.50. The fourth-order valence-corrected chi connectivity index (χ4v) is 5.34. The molecule has 7 nitrogen and oxygen atoms in total. The van der Waals surface area contributed by atoms with Crippen molar-refractivity contribution in [2.75, 3.05) is 19.6 Å². The summed E-state index contributed by atoms with van der Waals surface area (Å²) < 4.78 is 6.28. The molecule has 7 heteroatoms. The average Bonchev–Trinajstić information content (AvgIpc) is 3.24. The molecule has 38 heavy (non-hydrogen) atoms. The highest BCUT2D eigenvalue weighted by atomic mass is 16.3. The van der Waals surface area contributed by atoms with Gasteiger partial charge in [-0.2, -0.15) is 0 Å². The Balaban J connectivity index is 1.15. The van der Waals surface area contributed by atoms with Crippen LogP contribution in [0.3, 0.4) is 0 Å². The van der Waals surface area contributed by atoms with Crippen LogP contribution in [-0.4, -0.2) is 47.0 Å². The number of furan rings is 1. The lowest BCUT2D eigenvalue weighted by molar-refractivity contribution is -0.116. The molecule has 1 aromatic carbocycles. The van der Waals surface area contributed by atoms with Crippen LogP contribution < -0.4 is 5.32 Å². The zero-order valence-corrected chi connectivity index (χ0v) is 22.2. The number of rotatable bonds is 7. The van der Waals surface area contributed by atoms with Crippen LogP contribution in [0.4, 0.5) is 0 Å². The van der Waals surface area contributed by atoms with Gasteiger partial charge in [0.05, 0.1) is 12.1 Å². The molecular weight excluding hydrogens is 478 g/mol. The lowest BCUT2D eigenvalue weighted by Crippen LogP contribution is -2.34. The molecule has 2 aromatic heterocycles. The summed E-state index contributed by atoms with van der Waals surface area (Å²) in [6.07, 6.45) is 9.76. The number of piperidine rings is 1. The maximum absolute atomic E-state index is 12.9. The molecule has 0 saturated carbocycles. The molecule has 2 aliphatic rings. The Bertz CT molecular complexity index is 1410. The average molecular weight is 512 g/mol. The van der Waals surface area contributed by atoms with Gasteiger partial charge in [0.2, 0.25) is 17.5 Å². The van der Waals surface area contributed by atoms with Crippen molar-refractivity contribution in [1.29, 1.82) is 0 Å². The smallest absolute Gasteiger partial charge is 0.244 e. The van der Waals surface area contributed by atoms with Crippen molar-refractivity contribution in [1.82, 2.24) is 15.2 Å². The Morgan fingerprint density at radius 3 is 2.55 bits per heavy atom. The Morgan fingerprint density at radius 2 is 1.84 bits per heavy atom. The summed E-state index contributed by atoms with van der Waals surface area (Å²) in [5, 5.41) is 2.98. The lowest BCUT2D eigenvalue weighted by Gasteiger charge is -2.31. The minimum atomic E-state index is -0.473. The molecule has 1 aliphatic carbocycles. The first-order chi connectivity index (χ1) is 18.3. The number of likely N-dealkylation sites (tertiary alicyclic amines) is 1. The highest BCUT2D eigenvalue weighted by molar-refractivity contribution is 6.53. The van der Waals surface area contributed by atoms with E-state index in [9.17, 15) is 14.4 Å². The van der Waals surface area contributed by atoms with Crippen LogP contribution in [0, 0.1) is 26.7 Å². The minimum Gasteiger partial charge on any atom is -0.459 e. The topological polar surface area (TPSA) is 92.5 Å². The molecule has 3 heterocycles. The molecule has 0 unspecified atom stereocenters. The standard InChI is InChI=1S/C31H33N3O4/c1-19-15-24-25(16-20(19)2)31-28(30(37)29(24)36)21(3)26(38-31)18-34-13-9-22(10-14-34)8-12-33-27(35)7-6-23-5-4-11-32-17-23/h4-7,11,15-17,22H,8-10,12-14,18H2,1-3H3,(H,33,35)/b7-6+. The summed E-state index contributed by atoms with van der Waals surface area (Å²) >= 11 is 0. The van der Waals surface area contributed by atoms with Crippen molar-refractivity contribution in [3.05, 3.63) is 81.9 Å². The van der Waals surface area contributed by atoms with E-state index in [1.54, 1.807) is 30.6 Å². The number of nitrogens with one attached hydrogen (secondary N) is 1. The number of pyridine rings is 1. The highest BCUT2D eigenvalue weighted by Crippen LogP contribution is 2.40. The van der Waals surface area contributed by atoms with Gasteiger partial charge in [0.1, 0.15) is 11.5 Å². The van der Waals surface area contributed by atoms with Gasteiger partial charge in [-0.15, -0.1) is 0 Å². The fraction of sp³-hybridized carbons (Fsp3) is 0.355. The lowest BCUT2D eigenvalue weighted by atomic mass is 9.85. The van der Waals surface area contributed by atoms with E-state index in [4.69, 9.17) is 4.42 Å². The molecule has 1 aliphatic heterocycles. The molecular formula is C31H33N3O4. The molecule has 1 N–H and O–H groups in total. The number of ketones is 2. The van der Waals surface area contributed by atoms with Crippen LogP contribution in [0.1, 0.15) is 68.0 Å². The summed E-state index contributed by atoms with van der Waals surface area (Å²) in [5.74, 6) is 0.822. The van der Waals surface area contributed by atoms with Gasteiger partial charge in [-0.25, -0.2) is 0 Å². The van der Waals surface area contributed by atoms with E-state index in [2.05, 4.69) is 15.2 Å². The van der Waals surface area contributed by atoms with Crippen LogP contribution in [-0.2, 0) is 11.3 Å². The summed E-state index contributed by atoms with van der Waals surface area (Å²) in [7, 11) is 0. The third-order valence-corrected chi connectivity index (χ3v) is 7.84. The number of amides is 1. The molecule has 0 bridgehead atoms. The van der Waals surface area contributed by atoms with E-state index in [0.717, 1.165) is 65.9 Å². The zero-order chi connectivity index (χ0) is 26.8. The second-order valence-corrected chi connectivity index (χ2v) is 10.4. The Kier molecular flexibility index (Phi) is 7.38. The Hall–Kier alpha value is -3.84. The van der Waals surface area contributed by atoms with Crippen molar-refractivity contribution >= 4 is 23.5 Å². The maximum atomic E-state index is 12.9. The summed E-state index contributed by atoms with van der Waals surface area (Å²) in [5.41, 5.74) is 5.29. The number of fused-ring (bicyclic) bond motifs is 3. The number of aromatic nitrogens is 1. The SMILES string of the molecule is Cc1cc2c(cc1C)-c1oc(CN3CCC(CCNC(=O)/C=C/c4cccnc4)CC3)c(C)c1C(=O)C2=O. The van der Waals surface area contributed by atoms with Gasteiger partial charge in [-0.05, 0) is 100 Å². The van der Waals surface area contributed by atoms with Gasteiger partial charge in [0, 0.05) is 41.7 Å². The van der Waals surface area contributed by atoms with Crippen LogP contribution in [0.15, 0.2) is 47.2 Å². The van der Waals surface area contributed by atoms with E-state index in [1.807, 2.05) is 39.0 Å². The number of nitrogens with zero attached hydrogens (tertiary/aromatic N) is 2. The predicted octanol–water partition coefficient (Wildman–Crippen LogP) is 5.08. The van der Waals surface area contributed by atoms with Gasteiger partial charge < -0.3 is 9.73 Å². The first-order valence-corrected chi connectivity index (χ1v) is 13.2. The van der Waals surface area contributed by atoms with Crippen LogP contribution in [0.2, 0.25) is 0 Å². The molecule has 196 valence electrons. The Morgan fingerprint density at radius 1 is 1.11 bits per heavy atom. The molecule has 0 atom stereocenters. The van der Waals surface area contributed by atoms with E-state index < -0.39 is 11.6 Å². The van der Waals surface area contributed by atoms with Crippen molar-refractivity contribution in [2.24, 2.45) is 5.92 Å². The third-order valence-electron chi connectivity index (χ3n) is 7.84. The second kappa shape index (κ2) is 10.9. The Labute approximate surface area is 222 Å². The monoisotopic (exact) mass is 511 g/mol. The van der Waals surface area contributed by atoms with Gasteiger partial charge in [-0.1, -0.05) is 6.07 Å². The second-order valence-electron chi connectivity index (χ2n) is 10.4. The largest absolute Gasteiger partial charge is 0.459 e. The van der Waals surface area contributed by atoms with Crippen molar-refractivity contribution in [2.45, 2.75) is 46.6 Å². The summed E-state index contributed by atoms with van der Waals surface area (Å²) in [6.45, 7) is 8.94. The number of hydrogen-bond donors (Lipinski definition) is 1. The summed E-state index contributed by atoms with van der Waals surface area (Å²) in [4.78, 5) is 44.3. The van der Waals surface area contributed by atoms with E-state index in [1.165, 1.54) is 0 Å². The molecule has 0 spiro atoms. The molecule has 1 amide bonds. The molecule has 1 fully saturated rings. The van der Waals surface area contributed by atoms with E-state index >= 15 is 0 Å². The van der Waals surface area contributed by atoms with Crippen LogP contribution in [0.5, 0.6) is 0 Å². The normalized spacial score (nSPS) is 16.1. The third kappa shape index (κ3) is 5.24. The number of benzene rings is 1. The minimum absolute atomic E-state index is 0.0940. The van der Waals surface area contributed by atoms with Gasteiger partial charge >= 0.3 is 0 Å². The quantitative estimate of drug-likeness (QED) is 0.351. The van der Waals surface area contributed by atoms with Crippen molar-refractivity contribution in [3.63, 3.8) is 0 Å². The highest BCUT2D eigenvalue weighted by Gasteiger charge is 2.37. The number of carbonyl (C=O) groups is 3. The zero-order valence-electron chi connectivity index (χ0n) is 22.2. The van der Waals surface area contributed by atoms with Crippen LogP contribution >= 0.6 is 0 Å². The van der Waals surface area contributed by atoms with Crippen molar-refractivity contribution in [3.8, 4) is 11.3 Å². The van der Waals surface area contributed by atoms with Gasteiger partial charge in [0.25, 0.3) is 0 Å². The number of hydrogen-bond acceptors (Lipinski definition) is 6. The first-order valence-electron chi connectivity index (χ1n) is 13.2. The predicted molar refractivity (Wildman–Crippen MR) is 146 cm³/mol. The van der Waals surface area contributed by atoms with Gasteiger partial charge in [-0.3, -0.25) is 24.3 Å². The molecule has 5 rings (SSSR count). The van der Waals surface area contributed by atoms with E-state index in [-0.39, 0.29) is 5.91 Å². The molecule has 1 saturated heterocycles. The number of carbonyl (C=O) groups excluding carboxylic acids is 3. The van der Waals surface area contributed by atoms with Crippen LogP contribution in [0.25, 0.3) is 17.4 Å². The maximum Gasteiger partial charge on any atom is 0.244 e.